The quantitative estimate of drug-likeness (QED) is 0.468. The van der Waals surface area contributed by atoms with E-state index in [2.05, 4.69) is 33.0 Å². The number of methoxy groups -OCH3 is 1. The molecule has 0 aliphatic rings. The maximum absolute atomic E-state index is 13.2. The summed E-state index contributed by atoms with van der Waals surface area (Å²) >= 11 is 0. The first-order chi connectivity index (χ1) is 16.1. The number of nitrogens with one attached hydrogen (secondary N) is 1. The van der Waals surface area contributed by atoms with Crippen LogP contribution in [0.2, 0.25) is 0 Å². The van der Waals surface area contributed by atoms with Gasteiger partial charge in [-0.25, -0.2) is 4.68 Å². The highest BCUT2D eigenvalue weighted by Crippen LogP contribution is 2.26. The molecule has 1 atom stereocenters. The Morgan fingerprint density at radius 1 is 1.21 bits per heavy atom. The first kappa shape index (κ1) is 27.6. The Kier molecular flexibility index (Phi) is 10.3. The summed E-state index contributed by atoms with van der Waals surface area (Å²) in [7, 11) is 1.60. The summed E-state index contributed by atoms with van der Waals surface area (Å²) in [6, 6.07) is 9.91. The highest BCUT2D eigenvalue weighted by molar-refractivity contribution is 5.94. The number of benzene rings is 1. The molecule has 0 aliphatic carbocycles. The van der Waals surface area contributed by atoms with Crippen molar-refractivity contribution >= 4 is 17.6 Å². The zero-order valence-electron chi connectivity index (χ0n) is 22.0. The van der Waals surface area contributed by atoms with E-state index < -0.39 is 0 Å². The fraction of sp³-hybridized carbons (Fsp3) is 0.593. The Bertz CT molecular complexity index is 946. The molecule has 2 rings (SSSR count). The van der Waals surface area contributed by atoms with Gasteiger partial charge < -0.3 is 15.0 Å². The van der Waals surface area contributed by atoms with Crippen molar-refractivity contribution in [3.63, 3.8) is 0 Å². The highest BCUT2D eigenvalue weighted by atomic mass is 16.5. The van der Waals surface area contributed by atoms with E-state index in [0.717, 1.165) is 42.6 Å². The number of carbonyl (C=O) groups excluding carboxylic acids is 2. The number of anilines is 1. The molecule has 0 aliphatic heterocycles. The molecular weight excluding hydrogens is 428 g/mol. The summed E-state index contributed by atoms with van der Waals surface area (Å²) in [4.78, 5) is 28.0. The number of hydrogen-bond acceptors (Lipinski definition) is 4. The van der Waals surface area contributed by atoms with E-state index >= 15 is 0 Å². The molecule has 2 amide bonds. The second-order valence-corrected chi connectivity index (χ2v) is 9.96. The van der Waals surface area contributed by atoms with Gasteiger partial charge in [0.25, 0.3) is 0 Å². The van der Waals surface area contributed by atoms with Crippen LogP contribution in [0, 0.1) is 12.8 Å². The highest BCUT2D eigenvalue weighted by Gasteiger charge is 2.26. The van der Waals surface area contributed by atoms with Gasteiger partial charge >= 0.3 is 0 Å². The fourth-order valence-corrected chi connectivity index (χ4v) is 3.83. The third-order valence-corrected chi connectivity index (χ3v) is 5.95. The standard InChI is InChI=1S/C27H42N4O3/c1-8-10-13-21(9-2)26(33)30(15-16-34-7)19-25(32)28-24-18-23(27(4,5)6)29-31(24)22-14-11-12-20(3)17-22/h11-12,14,17-18,21H,8-10,13,15-16,19H2,1-7H3,(H,28,32). The third-order valence-electron chi connectivity index (χ3n) is 5.95. The summed E-state index contributed by atoms with van der Waals surface area (Å²) in [5, 5.41) is 7.80. The van der Waals surface area contributed by atoms with Crippen molar-refractivity contribution in [3.8, 4) is 5.69 Å². The lowest BCUT2D eigenvalue weighted by atomic mass is 9.92. The number of hydrogen-bond donors (Lipinski definition) is 1. The molecule has 0 spiro atoms. The number of rotatable bonds is 12. The smallest absolute Gasteiger partial charge is 0.245 e. The third kappa shape index (κ3) is 7.69. The molecule has 7 nitrogen and oxygen atoms in total. The normalized spacial score (nSPS) is 12.4. The van der Waals surface area contributed by atoms with Gasteiger partial charge in [-0.2, -0.15) is 5.10 Å². The maximum atomic E-state index is 13.2. The number of nitrogens with zero attached hydrogens (tertiary/aromatic N) is 3. The van der Waals surface area contributed by atoms with Crippen LogP contribution in [0.5, 0.6) is 0 Å². The van der Waals surface area contributed by atoms with Crippen LogP contribution in [-0.2, 0) is 19.7 Å². The topological polar surface area (TPSA) is 76.5 Å². The Morgan fingerprint density at radius 2 is 1.94 bits per heavy atom. The predicted molar refractivity (Wildman–Crippen MR) is 137 cm³/mol. The second kappa shape index (κ2) is 12.7. The zero-order valence-corrected chi connectivity index (χ0v) is 22.0. The summed E-state index contributed by atoms with van der Waals surface area (Å²) in [5.41, 5.74) is 2.69. The maximum Gasteiger partial charge on any atom is 0.245 e. The van der Waals surface area contributed by atoms with E-state index in [-0.39, 0.29) is 29.7 Å². The van der Waals surface area contributed by atoms with Gasteiger partial charge in [0.15, 0.2) is 0 Å². The Hall–Kier alpha value is -2.67. The average Bonchev–Trinajstić information content (AvgIpc) is 3.21. The molecule has 1 aromatic heterocycles. The van der Waals surface area contributed by atoms with E-state index in [1.54, 1.807) is 16.7 Å². The second-order valence-electron chi connectivity index (χ2n) is 9.96. The van der Waals surface area contributed by atoms with E-state index in [4.69, 9.17) is 9.84 Å². The number of amides is 2. The lowest BCUT2D eigenvalue weighted by Gasteiger charge is -2.26. The minimum atomic E-state index is -0.246. The molecule has 1 unspecified atom stereocenters. The van der Waals surface area contributed by atoms with Gasteiger partial charge in [0, 0.05) is 31.1 Å². The Labute approximate surface area is 204 Å². The van der Waals surface area contributed by atoms with Crippen LogP contribution in [0.1, 0.15) is 71.6 Å². The zero-order chi connectivity index (χ0) is 25.3. The van der Waals surface area contributed by atoms with Crippen molar-refractivity contribution in [3.05, 3.63) is 41.6 Å². The SMILES string of the molecule is CCCCC(CC)C(=O)N(CCOC)CC(=O)Nc1cc(C(C)(C)C)nn1-c1cccc(C)c1. The molecule has 1 N–H and O–H groups in total. The van der Waals surface area contributed by atoms with E-state index in [0.29, 0.717) is 19.0 Å². The van der Waals surface area contributed by atoms with Crippen molar-refractivity contribution in [2.24, 2.45) is 5.92 Å². The molecule has 1 aromatic carbocycles. The van der Waals surface area contributed by atoms with Crippen molar-refractivity contribution in [2.75, 3.05) is 32.1 Å². The lowest BCUT2D eigenvalue weighted by Crippen LogP contribution is -2.43. The van der Waals surface area contributed by atoms with Crippen LogP contribution in [0.3, 0.4) is 0 Å². The molecule has 0 bridgehead atoms. The predicted octanol–water partition coefficient (Wildman–Crippen LogP) is 5.11. The van der Waals surface area contributed by atoms with Crippen LogP contribution in [0.4, 0.5) is 5.82 Å². The Balaban J connectivity index is 2.27. The van der Waals surface area contributed by atoms with Crippen molar-refractivity contribution < 1.29 is 14.3 Å². The van der Waals surface area contributed by atoms with Gasteiger partial charge in [-0.3, -0.25) is 9.59 Å². The van der Waals surface area contributed by atoms with E-state index in [9.17, 15) is 9.59 Å². The molecule has 1 heterocycles. The Morgan fingerprint density at radius 3 is 2.53 bits per heavy atom. The molecule has 7 heteroatoms. The molecule has 34 heavy (non-hydrogen) atoms. The molecule has 2 aromatic rings. The first-order valence-electron chi connectivity index (χ1n) is 12.4. The van der Waals surface area contributed by atoms with Crippen molar-refractivity contribution in [1.82, 2.24) is 14.7 Å². The molecule has 0 radical (unpaired) electrons. The lowest BCUT2D eigenvalue weighted by molar-refractivity contribution is -0.139. The van der Waals surface area contributed by atoms with Crippen LogP contribution in [0.15, 0.2) is 30.3 Å². The fourth-order valence-electron chi connectivity index (χ4n) is 3.83. The van der Waals surface area contributed by atoms with Crippen LogP contribution in [-0.4, -0.2) is 53.3 Å². The minimum Gasteiger partial charge on any atom is -0.383 e. The van der Waals surface area contributed by atoms with Gasteiger partial charge in [-0.05, 0) is 37.5 Å². The molecule has 0 saturated heterocycles. The molecule has 188 valence electrons. The molecule has 0 saturated carbocycles. The van der Waals surface area contributed by atoms with E-state index in [1.807, 2.05) is 44.2 Å². The number of aryl methyl sites for hydroxylation is 1. The molecule has 0 fully saturated rings. The van der Waals surface area contributed by atoms with Crippen LogP contribution < -0.4 is 5.32 Å². The minimum absolute atomic E-state index is 0.0192. The van der Waals surface area contributed by atoms with Gasteiger partial charge in [0.05, 0.1) is 24.5 Å². The van der Waals surface area contributed by atoms with Gasteiger partial charge in [0.1, 0.15) is 5.82 Å². The summed E-state index contributed by atoms with van der Waals surface area (Å²) in [6.45, 7) is 13.2. The van der Waals surface area contributed by atoms with Gasteiger partial charge in [-0.15, -0.1) is 0 Å². The first-order valence-corrected chi connectivity index (χ1v) is 12.4. The van der Waals surface area contributed by atoms with Gasteiger partial charge in [-0.1, -0.05) is 59.6 Å². The van der Waals surface area contributed by atoms with Crippen molar-refractivity contribution in [1.29, 1.82) is 0 Å². The van der Waals surface area contributed by atoms with E-state index in [1.165, 1.54) is 0 Å². The molecular formula is C27H42N4O3. The largest absolute Gasteiger partial charge is 0.383 e. The number of carbonyl (C=O) groups is 2. The summed E-state index contributed by atoms with van der Waals surface area (Å²) in [5.74, 6) is 0.294. The van der Waals surface area contributed by atoms with Crippen LogP contribution in [0.25, 0.3) is 5.69 Å². The monoisotopic (exact) mass is 470 g/mol. The number of ether oxygens (including phenoxy) is 1. The summed E-state index contributed by atoms with van der Waals surface area (Å²) < 4.78 is 6.97. The summed E-state index contributed by atoms with van der Waals surface area (Å²) in [6.07, 6.45) is 3.65. The average molecular weight is 471 g/mol. The number of unbranched alkanes of at least 4 members (excludes halogenated alkanes) is 1. The number of aromatic nitrogens is 2. The van der Waals surface area contributed by atoms with Gasteiger partial charge in [0.2, 0.25) is 11.8 Å². The van der Waals surface area contributed by atoms with Crippen molar-refractivity contribution in [2.45, 2.75) is 72.6 Å². The van der Waals surface area contributed by atoms with Crippen LogP contribution >= 0.6 is 0 Å².